The number of halogens is 1. The van der Waals surface area contributed by atoms with E-state index in [1.165, 1.54) is 18.2 Å². The van der Waals surface area contributed by atoms with Crippen molar-refractivity contribution in [1.82, 2.24) is 0 Å². The molecule has 1 aromatic carbocycles. The Hall–Kier alpha value is -1.44. The maximum atomic E-state index is 12.7. The molecule has 0 bridgehead atoms. The lowest BCUT2D eigenvalue weighted by molar-refractivity contribution is -0.104. The van der Waals surface area contributed by atoms with Crippen molar-refractivity contribution in [2.75, 3.05) is 0 Å². The summed E-state index contributed by atoms with van der Waals surface area (Å²) in [7, 11) is 0. The second kappa shape index (κ2) is 3.66. The molecule has 0 aromatic heterocycles. The zero-order valence-corrected chi connectivity index (χ0v) is 5.83. The van der Waals surface area contributed by atoms with Gasteiger partial charge in [0.05, 0.1) is 0 Å². The Kier molecular flexibility index (Phi) is 2.55. The van der Waals surface area contributed by atoms with Crippen LogP contribution in [0.2, 0.25) is 0 Å². The molecule has 2 heteroatoms. The van der Waals surface area contributed by atoms with Gasteiger partial charge in [-0.15, -0.1) is 0 Å². The first-order valence-electron chi connectivity index (χ1n) is 3.21. The lowest BCUT2D eigenvalue weighted by Gasteiger charge is -1.92. The molecule has 0 N–H and O–H groups in total. The molecule has 0 amide bonds. The minimum Gasteiger partial charge on any atom is -0.299 e. The van der Waals surface area contributed by atoms with Crippen molar-refractivity contribution in [3.8, 4) is 0 Å². The van der Waals surface area contributed by atoms with E-state index in [1.54, 1.807) is 18.2 Å². The van der Waals surface area contributed by atoms with Gasteiger partial charge in [0.2, 0.25) is 0 Å². The summed E-state index contributed by atoms with van der Waals surface area (Å²) in [6, 6.07) is 6.28. The molecule has 1 rings (SSSR count). The molecule has 0 saturated heterocycles. The molecule has 0 heterocycles. The molecule has 0 aliphatic rings. The molecular weight excluding hydrogens is 143 g/mol. The van der Waals surface area contributed by atoms with Crippen LogP contribution in [-0.2, 0) is 4.79 Å². The summed E-state index contributed by atoms with van der Waals surface area (Å²) in [4.78, 5) is 9.88. The van der Waals surface area contributed by atoms with Crippen LogP contribution >= 0.6 is 0 Å². The van der Waals surface area contributed by atoms with E-state index in [4.69, 9.17) is 0 Å². The number of hydrogen-bond donors (Lipinski definition) is 0. The van der Waals surface area contributed by atoms with Crippen LogP contribution in [0, 0.1) is 5.82 Å². The maximum absolute atomic E-state index is 12.7. The highest BCUT2D eigenvalue weighted by Crippen LogP contribution is 2.07. The van der Waals surface area contributed by atoms with Gasteiger partial charge in [-0.3, -0.25) is 4.79 Å². The van der Waals surface area contributed by atoms with Crippen molar-refractivity contribution in [2.24, 2.45) is 0 Å². The number of benzene rings is 1. The molecule has 0 saturated carbocycles. The number of rotatable bonds is 2. The second-order valence-electron chi connectivity index (χ2n) is 2.02. The number of carbonyl (C=O) groups is 1. The third-order valence-corrected chi connectivity index (χ3v) is 1.26. The third-order valence-electron chi connectivity index (χ3n) is 1.26. The summed E-state index contributed by atoms with van der Waals surface area (Å²) in [5.74, 6) is -0.314. The van der Waals surface area contributed by atoms with E-state index in [2.05, 4.69) is 0 Å². The summed E-state index contributed by atoms with van der Waals surface area (Å²) in [6.45, 7) is 0. The first-order chi connectivity index (χ1) is 5.34. The normalized spacial score (nSPS) is 10.3. The molecule has 1 nitrogen and oxygen atoms in total. The summed E-state index contributed by atoms with van der Waals surface area (Å²) < 4.78 is 12.7. The van der Waals surface area contributed by atoms with Crippen LogP contribution in [-0.4, -0.2) is 6.29 Å². The van der Waals surface area contributed by atoms with Crippen molar-refractivity contribution >= 4 is 12.4 Å². The highest BCUT2D eigenvalue weighted by Gasteiger charge is 1.92. The topological polar surface area (TPSA) is 17.1 Å². The van der Waals surface area contributed by atoms with E-state index in [0.29, 0.717) is 11.8 Å². The quantitative estimate of drug-likeness (QED) is 0.465. The van der Waals surface area contributed by atoms with E-state index in [1.807, 2.05) is 0 Å². The van der Waals surface area contributed by atoms with Crippen LogP contribution in [0.5, 0.6) is 0 Å². The van der Waals surface area contributed by atoms with Gasteiger partial charge in [-0.05, 0) is 18.2 Å². The minimum atomic E-state index is -0.314. The fourth-order valence-corrected chi connectivity index (χ4v) is 0.753. The molecule has 0 spiro atoms. The van der Waals surface area contributed by atoms with Crippen molar-refractivity contribution in [1.29, 1.82) is 0 Å². The van der Waals surface area contributed by atoms with Gasteiger partial charge in [-0.25, -0.2) is 4.39 Å². The molecule has 0 fully saturated rings. The molecule has 0 unspecified atom stereocenters. The largest absolute Gasteiger partial charge is 0.299 e. The molecule has 0 aliphatic carbocycles. The van der Waals surface area contributed by atoms with Crippen LogP contribution in [0.25, 0.3) is 6.08 Å². The lowest BCUT2D eigenvalue weighted by atomic mass is 10.2. The van der Waals surface area contributed by atoms with E-state index in [0.717, 1.165) is 0 Å². The van der Waals surface area contributed by atoms with Gasteiger partial charge >= 0.3 is 0 Å². The zero-order valence-electron chi connectivity index (χ0n) is 5.83. The monoisotopic (exact) mass is 150 g/mol. The summed E-state index contributed by atoms with van der Waals surface area (Å²) in [6.07, 6.45) is 3.31. The van der Waals surface area contributed by atoms with Gasteiger partial charge < -0.3 is 0 Å². The zero-order chi connectivity index (χ0) is 8.10. The predicted octanol–water partition coefficient (Wildman–Crippen LogP) is 2.04. The first kappa shape index (κ1) is 7.66. The smallest absolute Gasteiger partial charge is 0.142 e. The Morgan fingerprint density at radius 2 is 2.00 bits per heavy atom. The van der Waals surface area contributed by atoms with Gasteiger partial charge in [0.15, 0.2) is 0 Å². The van der Waals surface area contributed by atoms with Gasteiger partial charge in [0, 0.05) is 5.56 Å². The highest BCUT2D eigenvalue weighted by molar-refractivity contribution is 5.73. The SMILES string of the molecule is O=C/C=C/c1ccccc1F. The number of hydrogen-bond acceptors (Lipinski definition) is 1. The Bertz CT molecular complexity index is 279. The summed E-state index contributed by atoms with van der Waals surface area (Å²) in [5.41, 5.74) is 0.430. The van der Waals surface area contributed by atoms with Gasteiger partial charge in [-0.1, -0.05) is 18.2 Å². The van der Waals surface area contributed by atoms with E-state index in [-0.39, 0.29) is 5.82 Å². The summed E-state index contributed by atoms with van der Waals surface area (Å²) in [5, 5.41) is 0. The third kappa shape index (κ3) is 2.00. The van der Waals surface area contributed by atoms with Gasteiger partial charge in [0.1, 0.15) is 12.1 Å². The Morgan fingerprint density at radius 3 is 2.64 bits per heavy atom. The fraction of sp³-hybridized carbons (Fsp3) is 0. The standard InChI is InChI=1S/C9H7FO/c10-9-6-2-1-4-8(9)5-3-7-11/h1-7H/b5-3+. The van der Waals surface area contributed by atoms with Gasteiger partial charge in [0.25, 0.3) is 0 Å². The average Bonchev–Trinajstić information content (AvgIpc) is 2.03. The van der Waals surface area contributed by atoms with Crippen molar-refractivity contribution in [3.63, 3.8) is 0 Å². The highest BCUT2D eigenvalue weighted by atomic mass is 19.1. The molecular formula is C9H7FO. The van der Waals surface area contributed by atoms with E-state index in [9.17, 15) is 9.18 Å². The van der Waals surface area contributed by atoms with Crippen molar-refractivity contribution in [3.05, 3.63) is 41.7 Å². The Balaban J connectivity index is 2.94. The van der Waals surface area contributed by atoms with E-state index >= 15 is 0 Å². The van der Waals surface area contributed by atoms with E-state index < -0.39 is 0 Å². The number of allylic oxidation sites excluding steroid dienone is 1. The molecule has 0 radical (unpaired) electrons. The second-order valence-corrected chi connectivity index (χ2v) is 2.02. The summed E-state index contributed by atoms with van der Waals surface area (Å²) >= 11 is 0. The molecule has 56 valence electrons. The van der Waals surface area contributed by atoms with Crippen LogP contribution in [0.15, 0.2) is 30.3 Å². The first-order valence-corrected chi connectivity index (χ1v) is 3.21. The molecule has 11 heavy (non-hydrogen) atoms. The Labute approximate surface area is 64.2 Å². The average molecular weight is 150 g/mol. The maximum Gasteiger partial charge on any atom is 0.142 e. The molecule has 1 aromatic rings. The predicted molar refractivity (Wildman–Crippen MR) is 41.5 cm³/mol. The van der Waals surface area contributed by atoms with Crippen molar-refractivity contribution in [2.45, 2.75) is 0 Å². The molecule has 0 aliphatic heterocycles. The van der Waals surface area contributed by atoms with Crippen LogP contribution < -0.4 is 0 Å². The minimum absolute atomic E-state index is 0.314. The Morgan fingerprint density at radius 1 is 1.27 bits per heavy atom. The molecule has 0 atom stereocenters. The number of aldehydes is 1. The van der Waals surface area contributed by atoms with Crippen LogP contribution in [0.4, 0.5) is 4.39 Å². The van der Waals surface area contributed by atoms with Crippen molar-refractivity contribution < 1.29 is 9.18 Å². The fourth-order valence-electron chi connectivity index (χ4n) is 0.753. The van der Waals surface area contributed by atoms with Gasteiger partial charge in [-0.2, -0.15) is 0 Å². The number of carbonyl (C=O) groups excluding carboxylic acids is 1. The van der Waals surface area contributed by atoms with Crippen LogP contribution in [0.3, 0.4) is 0 Å². The van der Waals surface area contributed by atoms with Crippen LogP contribution in [0.1, 0.15) is 5.56 Å². The lowest BCUT2D eigenvalue weighted by Crippen LogP contribution is -1.78.